The number of benzene rings is 1. The van der Waals surface area contributed by atoms with E-state index in [9.17, 15) is 18.0 Å². The summed E-state index contributed by atoms with van der Waals surface area (Å²) >= 11 is 0. The van der Waals surface area contributed by atoms with E-state index in [0.717, 1.165) is 6.26 Å². The topological polar surface area (TPSA) is 71.5 Å². The lowest BCUT2D eigenvalue weighted by atomic mass is 10.1. The van der Waals surface area contributed by atoms with Gasteiger partial charge in [0.1, 0.15) is 4.75 Å². The first kappa shape index (κ1) is 15.7. The lowest BCUT2D eigenvalue weighted by Gasteiger charge is -2.30. The molecule has 1 aliphatic rings. The highest BCUT2D eigenvalue weighted by Gasteiger charge is 2.42. The van der Waals surface area contributed by atoms with E-state index in [2.05, 4.69) is 0 Å². The van der Waals surface area contributed by atoms with Crippen LogP contribution in [0.4, 0.5) is 5.69 Å². The van der Waals surface area contributed by atoms with Gasteiger partial charge in [-0.05, 0) is 32.4 Å². The number of sulfone groups is 1. The summed E-state index contributed by atoms with van der Waals surface area (Å²) in [4.78, 5) is 26.2. The predicted octanol–water partition coefficient (Wildman–Crippen LogP) is 1.82. The molecular formula is C15H19NO4S. The first-order valence-electron chi connectivity index (χ1n) is 6.80. The van der Waals surface area contributed by atoms with Crippen molar-refractivity contribution in [1.29, 1.82) is 0 Å². The number of ketones is 1. The molecule has 0 unspecified atom stereocenters. The molecule has 1 aliphatic heterocycles. The molecule has 0 N–H and O–H groups in total. The Balaban J connectivity index is 2.52. The second-order valence-corrected chi connectivity index (χ2v) is 8.35. The molecule has 2 rings (SSSR count). The SMILES string of the molecule is CC(C)(C(=O)N1CCCC(=O)c2ccccc21)S(C)(=O)=O. The maximum atomic E-state index is 12.7. The zero-order valence-electron chi connectivity index (χ0n) is 12.4. The smallest absolute Gasteiger partial charge is 0.247 e. The van der Waals surface area contributed by atoms with Crippen LogP contribution in [0.15, 0.2) is 24.3 Å². The first-order valence-corrected chi connectivity index (χ1v) is 8.69. The number of carbonyl (C=O) groups excluding carboxylic acids is 2. The Bertz CT molecular complexity index is 691. The Morgan fingerprint density at radius 3 is 2.48 bits per heavy atom. The number of carbonyl (C=O) groups is 2. The van der Waals surface area contributed by atoms with Crippen molar-refractivity contribution in [2.45, 2.75) is 31.4 Å². The van der Waals surface area contributed by atoms with Crippen LogP contribution in [0.3, 0.4) is 0 Å². The van der Waals surface area contributed by atoms with E-state index in [4.69, 9.17) is 0 Å². The van der Waals surface area contributed by atoms with E-state index in [-0.39, 0.29) is 5.78 Å². The number of nitrogens with zero attached hydrogens (tertiary/aromatic N) is 1. The number of rotatable bonds is 2. The average Bonchev–Trinajstić information content (AvgIpc) is 2.57. The van der Waals surface area contributed by atoms with Crippen molar-refractivity contribution < 1.29 is 18.0 Å². The van der Waals surface area contributed by atoms with Crippen molar-refractivity contribution in [1.82, 2.24) is 0 Å². The number of amides is 1. The van der Waals surface area contributed by atoms with Gasteiger partial charge in [0.25, 0.3) is 0 Å². The summed E-state index contributed by atoms with van der Waals surface area (Å²) in [6.45, 7) is 3.15. The highest BCUT2D eigenvalue weighted by Crippen LogP contribution is 2.30. The lowest BCUT2D eigenvalue weighted by molar-refractivity contribution is -0.120. The molecule has 0 atom stereocenters. The molecule has 1 aromatic carbocycles. The Labute approximate surface area is 124 Å². The lowest BCUT2D eigenvalue weighted by Crippen LogP contribution is -2.50. The third-order valence-corrected chi connectivity index (χ3v) is 6.00. The standard InChI is InChI=1S/C15H19NO4S/c1-15(2,21(3,19)20)14(18)16-10-6-9-13(17)11-7-4-5-8-12(11)16/h4-5,7-8H,6,9-10H2,1-3H3. The van der Waals surface area contributed by atoms with Gasteiger partial charge < -0.3 is 4.90 Å². The van der Waals surface area contributed by atoms with Crippen molar-refractivity contribution in [3.63, 3.8) is 0 Å². The molecular weight excluding hydrogens is 290 g/mol. The highest BCUT2D eigenvalue weighted by molar-refractivity contribution is 7.92. The van der Waals surface area contributed by atoms with Crippen molar-refractivity contribution >= 4 is 27.2 Å². The summed E-state index contributed by atoms with van der Waals surface area (Å²) < 4.78 is 22.2. The van der Waals surface area contributed by atoms with Crippen molar-refractivity contribution in [3.8, 4) is 0 Å². The molecule has 1 amide bonds. The van der Waals surface area contributed by atoms with E-state index >= 15 is 0 Å². The number of hydrogen-bond acceptors (Lipinski definition) is 4. The zero-order chi connectivity index (χ0) is 15.8. The molecule has 0 radical (unpaired) electrons. The van der Waals surface area contributed by atoms with Gasteiger partial charge in [-0.15, -0.1) is 0 Å². The molecule has 6 heteroatoms. The van der Waals surface area contributed by atoms with Gasteiger partial charge in [0.05, 0.1) is 5.69 Å². The van der Waals surface area contributed by atoms with Gasteiger partial charge in [0.15, 0.2) is 15.6 Å². The Hall–Kier alpha value is -1.69. The molecule has 0 bridgehead atoms. The molecule has 0 saturated carbocycles. The fraction of sp³-hybridized carbons (Fsp3) is 0.467. The van der Waals surface area contributed by atoms with Crippen molar-refractivity contribution in [2.75, 3.05) is 17.7 Å². The minimum Gasteiger partial charge on any atom is -0.310 e. The van der Waals surface area contributed by atoms with Gasteiger partial charge in [-0.2, -0.15) is 0 Å². The van der Waals surface area contributed by atoms with Crippen molar-refractivity contribution in [3.05, 3.63) is 29.8 Å². The maximum absolute atomic E-state index is 12.7. The summed E-state index contributed by atoms with van der Waals surface area (Å²) in [5.74, 6) is -0.509. The van der Waals surface area contributed by atoms with Crippen LogP contribution < -0.4 is 4.90 Å². The first-order chi connectivity index (χ1) is 9.66. The summed E-state index contributed by atoms with van der Waals surface area (Å²) in [6, 6.07) is 6.85. The van der Waals surface area contributed by atoms with Gasteiger partial charge >= 0.3 is 0 Å². The summed E-state index contributed by atoms with van der Waals surface area (Å²) in [5, 5.41) is 0. The maximum Gasteiger partial charge on any atom is 0.247 e. The van der Waals surface area contributed by atoms with Crippen LogP contribution in [-0.2, 0) is 14.6 Å². The molecule has 21 heavy (non-hydrogen) atoms. The number of Topliss-reactive ketones (excluding diaryl/α,β-unsaturated/α-hetero) is 1. The summed E-state index contributed by atoms with van der Waals surface area (Å²) in [7, 11) is -3.56. The van der Waals surface area contributed by atoms with Crippen LogP contribution in [0, 0.1) is 0 Å². The molecule has 0 aliphatic carbocycles. The highest BCUT2D eigenvalue weighted by atomic mass is 32.2. The quantitative estimate of drug-likeness (QED) is 0.835. The van der Waals surface area contributed by atoms with Crippen molar-refractivity contribution in [2.24, 2.45) is 0 Å². The number of fused-ring (bicyclic) bond motifs is 1. The Morgan fingerprint density at radius 1 is 1.24 bits per heavy atom. The third kappa shape index (κ3) is 2.72. The zero-order valence-corrected chi connectivity index (χ0v) is 13.2. The average molecular weight is 309 g/mol. The second kappa shape index (κ2) is 5.26. The van der Waals surface area contributed by atoms with E-state index in [1.807, 2.05) is 0 Å². The predicted molar refractivity (Wildman–Crippen MR) is 81.3 cm³/mol. The van der Waals surface area contributed by atoms with Crippen LogP contribution >= 0.6 is 0 Å². The largest absolute Gasteiger partial charge is 0.310 e. The summed E-state index contributed by atoms with van der Waals surface area (Å²) in [5.41, 5.74) is 0.981. The molecule has 0 fully saturated rings. The number of para-hydroxylation sites is 1. The normalized spacial score (nSPS) is 16.3. The summed E-state index contributed by atoms with van der Waals surface area (Å²) in [6.07, 6.45) is 1.94. The van der Waals surface area contributed by atoms with E-state index in [0.29, 0.717) is 30.6 Å². The molecule has 0 saturated heterocycles. The monoisotopic (exact) mass is 309 g/mol. The van der Waals surface area contributed by atoms with Crippen LogP contribution in [-0.4, -0.2) is 37.7 Å². The second-order valence-electron chi connectivity index (χ2n) is 5.78. The van der Waals surface area contributed by atoms with Crippen LogP contribution in [0.5, 0.6) is 0 Å². The Kier molecular flexibility index (Phi) is 3.93. The number of anilines is 1. The van der Waals surface area contributed by atoms with Crippen LogP contribution in [0.25, 0.3) is 0 Å². The Morgan fingerprint density at radius 2 is 1.86 bits per heavy atom. The van der Waals surface area contributed by atoms with Gasteiger partial charge in [-0.25, -0.2) is 8.42 Å². The minimum absolute atomic E-state index is 0.0157. The molecule has 5 nitrogen and oxygen atoms in total. The fourth-order valence-corrected chi connectivity index (χ4v) is 2.72. The fourth-order valence-electron chi connectivity index (χ4n) is 2.29. The van der Waals surface area contributed by atoms with E-state index in [1.54, 1.807) is 24.3 Å². The molecule has 0 spiro atoms. The van der Waals surface area contributed by atoms with Crippen LogP contribution in [0.2, 0.25) is 0 Å². The molecule has 114 valence electrons. The van der Waals surface area contributed by atoms with E-state index < -0.39 is 20.5 Å². The van der Waals surface area contributed by atoms with Gasteiger partial charge in [-0.1, -0.05) is 12.1 Å². The van der Waals surface area contributed by atoms with Gasteiger partial charge in [0.2, 0.25) is 5.91 Å². The van der Waals surface area contributed by atoms with Crippen LogP contribution in [0.1, 0.15) is 37.0 Å². The van der Waals surface area contributed by atoms with Gasteiger partial charge in [-0.3, -0.25) is 9.59 Å². The molecule has 0 aromatic heterocycles. The number of hydrogen-bond donors (Lipinski definition) is 0. The van der Waals surface area contributed by atoms with E-state index in [1.165, 1.54) is 18.7 Å². The third-order valence-electron chi connectivity index (χ3n) is 3.97. The molecule has 1 heterocycles. The molecule has 1 aromatic rings. The van der Waals surface area contributed by atoms with Gasteiger partial charge in [0, 0.05) is 24.8 Å². The minimum atomic E-state index is -3.56.